The van der Waals surface area contributed by atoms with Gasteiger partial charge in [0.2, 0.25) is 15.9 Å². The molecule has 0 atom stereocenters. The number of halogens is 1. The highest BCUT2D eigenvalue weighted by molar-refractivity contribution is 7.89. The monoisotopic (exact) mass is 461 g/mol. The quantitative estimate of drug-likeness (QED) is 0.739. The van der Waals surface area contributed by atoms with E-state index in [2.05, 4.69) is 12.2 Å². The number of anilines is 2. The summed E-state index contributed by atoms with van der Waals surface area (Å²) in [5.74, 6) is -0.599. The number of ether oxygens (including phenoxy) is 1. The van der Waals surface area contributed by atoms with Crippen LogP contribution in [0, 0.1) is 11.7 Å². The fraction of sp³-hybridized carbons (Fsp3) is 0.364. The summed E-state index contributed by atoms with van der Waals surface area (Å²) in [5, 5.41) is 2.60. The molecule has 2 aliphatic rings. The predicted octanol–water partition coefficient (Wildman–Crippen LogP) is 2.61. The maximum Gasteiger partial charge on any atom is 0.265 e. The minimum absolute atomic E-state index is 0.0491. The van der Waals surface area contributed by atoms with Crippen LogP contribution in [0.3, 0.4) is 0 Å². The molecule has 4 rings (SSSR count). The first-order chi connectivity index (χ1) is 15.2. The van der Waals surface area contributed by atoms with E-state index in [1.807, 2.05) is 0 Å². The van der Waals surface area contributed by atoms with Crippen molar-refractivity contribution in [3.05, 3.63) is 48.3 Å². The van der Waals surface area contributed by atoms with Gasteiger partial charge in [0.05, 0.1) is 10.6 Å². The van der Waals surface area contributed by atoms with Crippen LogP contribution in [0.15, 0.2) is 47.4 Å². The molecule has 2 aliphatic heterocycles. The average molecular weight is 462 g/mol. The second kappa shape index (κ2) is 8.87. The lowest BCUT2D eigenvalue weighted by atomic mass is 10.0. The summed E-state index contributed by atoms with van der Waals surface area (Å²) in [6.07, 6.45) is 1.59. The number of sulfonamides is 1. The Bertz CT molecular complexity index is 1130. The van der Waals surface area contributed by atoms with E-state index < -0.39 is 27.7 Å². The molecule has 2 heterocycles. The van der Waals surface area contributed by atoms with Crippen molar-refractivity contribution in [2.75, 3.05) is 36.5 Å². The maximum atomic E-state index is 13.1. The Morgan fingerprint density at radius 2 is 1.84 bits per heavy atom. The van der Waals surface area contributed by atoms with Gasteiger partial charge in [-0.25, -0.2) is 12.8 Å². The van der Waals surface area contributed by atoms with Gasteiger partial charge in [-0.3, -0.25) is 14.5 Å². The van der Waals surface area contributed by atoms with Crippen LogP contribution in [-0.2, 0) is 19.6 Å². The van der Waals surface area contributed by atoms with E-state index in [4.69, 9.17) is 4.74 Å². The summed E-state index contributed by atoms with van der Waals surface area (Å²) in [5.41, 5.74) is 0.606. The van der Waals surface area contributed by atoms with Gasteiger partial charge in [0.1, 0.15) is 18.1 Å². The van der Waals surface area contributed by atoms with Crippen LogP contribution < -0.4 is 15.0 Å². The molecule has 32 heavy (non-hydrogen) atoms. The number of fused-ring (bicyclic) bond motifs is 1. The molecule has 1 fully saturated rings. The number of nitrogens with one attached hydrogen (secondary N) is 1. The van der Waals surface area contributed by atoms with Gasteiger partial charge in [-0.05, 0) is 61.2 Å². The van der Waals surface area contributed by atoms with Crippen molar-refractivity contribution in [2.24, 2.45) is 5.92 Å². The molecule has 0 aliphatic carbocycles. The second-order valence-corrected chi connectivity index (χ2v) is 9.98. The molecule has 8 nitrogen and oxygen atoms in total. The lowest BCUT2D eigenvalue weighted by molar-refractivity contribution is -0.123. The van der Waals surface area contributed by atoms with Crippen molar-refractivity contribution in [1.29, 1.82) is 0 Å². The topological polar surface area (TPSA) is 96.0 Å². The highest BCUT2D eigenvalue weighted by Crippen LogP contribution is 2.35. The van der Waals surface area contributed by atoms with Gasteiger partial charge in [-0.1, -0.05) is 6.92 Å². The Labute approximate surface area is 186 Å². The molecule has 0 unspecified atom stereocenters. The molecule has 2 amide bonds. The SMILES string of the molecule is CC1CCN(S(=O)(=O)c2ccc3c(c2)N(CC(=O)Nc2ccc(F)cc2)C(=O)CO3)CC1. The van der Waals surface area contributed by atoms with Crippen molar-refractivity contribution in [3.8, 4) is 5.75 Å². The third kappa shape index (κ3) is 4.61. The van der Waals surface area contributed by atoms with Crippen LogP contribution in [0.5, 0.6) is 5.75 Å². The lowest BCUT2D eigenvalue weighted by Gasteiger charge is -2.31. The zero-order chi connectivity index (χ0) is 22.9. The molecule has 0 saturated carbocycles. The summed E-state index contributed by atoms with van der Waals surface area (Å²) < 4.78 is 46.2. The van der Waals surface area contributed by atoms with Crippen LogP contribution in [0.25, 0.3) is 0 Å². The Morgan fingerprint density at radius 3 is 2.53 bits per heavy atom. The fourth-order valence-corrected chi connectivity index (χ4v) is 5.26. The zero-order valence-corrected chi connectivity index (χ0v) is 18.4. The number of rotatable bonds is 5. The molecule has 0 radical (unpaired) electrons. The average Bonchev–Trinajstić information content (AvgIpc) is 2.77. The minimum Gasteiger partial charge on any atom is -0.482 e. The molecule has 0 bridgehead atoms. The van der Waals surface area contributed by atoms with Crippen LogP contribution in [0.2, 0.25) is 0 Å². The van der Waals surface area contributed by atoms with E-state index in [1.54, 1.807) is 0 Å². The first kappa shape index (κ1) is 22.2. The molecule has 2 aromatic rings. The van der Waals surface area contributed by atoms with E-state index >= 15 is 0 Å². The van der Waals surface area contributed by atoms with Gasteiger partial charge < -0.3 is 10.1 Å². The standard InChI is InChI=1S/C22H24FN3O5S/c1-15-8-10-25(11-9-15)32(29,30)18-6-7-20-19(12-18)26(22(28)14-31-20)13-21(27)24-17-4-2-16(23)3-5-17/h2-7,12,15H,8-11,13-14H2,1H3,(H,24,27). The fourth-order valence-electron chi connectivity index (χ4n) is 3.77. The normalized spacial score (nSPS) is 17.6. The highest BCUT2D eigenvalue weighted by atomic mass is 32.2. The van der Waals surface area contributed by atoms with Gasteiger partial charge in [-0.2, -0.15) is 4.31 Å². The molecule has 2 aromatic carbocycles. The van der Waals surface area contributed by atoms with Crippen LogP contribution in [0.4, 0.5) is 15.8 Å². The first-order valence-corrected chi connectivity index (χ1v) is 11.8. The Morgan fingerprint density at radius 1 is 1.16 bits per heavy atom. The molecular formula is C22H24FN3O5S. The molecule has 170 valence electrons. The minimum atomic E-state index is -3.74. The Kier molecular flexibility index (Phi) is 6.16. The number of nitrogens with zero attached hydrogens (tertiary/aromatic N) is 2. The number of piperidine rings is 1. The molecule has 1 N–H and O–H groups in total. The summed E-state index contributed by atoms with van der Waals surface area (Å²) in [6.45, 7) is 2.39. The third-order valence-corrected chi connectivity index (χ3v) is 7.58. The number of hydrogen-bond donors (Lipinski definition) is 1. The second-order valence-electron chi connectivity index (χ2n) is 8.04. The first-order valence-electron chi connectivity index (χ1n) is 10.4. The Balaban J connectivity index is 1.57. The largest absolute Gasteiger partial charge is 0.482 e. The molecular weight excluding hydrogens is 437 g/mol. The summed E-state index contributed by atoms with van der Waals surface area (Å²) in [7, 11) is -3.74. The molecule has 0 spiro atoms. The number of amides is 2. The van der Waals surface area contributed by atoms with Crippen molar-refractivity contribution in [3.63, 3.8) is 0 Å². The van der Waals surface area contributed by atoms with Crippen LogP contribution in [0.1, 0.15) is 19.8 Å². The molecule has 10 heteroatoms. The zero-order valence-electron chi connectivity index (χ0n) is 17.6. The molecule has 1 saturated heterocycles. The number of hydrogen-bond acceptors (Lipinski definition) is 5. The van der Waals surface area contributed by atoms with Crippen molar-refractivity contribution < 1.29 is 27.1 Å². The Hall–Kier alpha value is -2.98. The highest BCUT2D eigenvalue weighted by Gasteiger charge is 2.32. The lowest BCUT2D eigenvalue weighted by Crippen LogP contribution is -2.43. The number of carbonyl (C=O) groups excluding carboxylic acids is 2. The van der Waals surface area contributed by atoms with Crippen LogP contribution >= 0.6 is 0 Å². The summed E-state index contributed by atoms with van der Waals surface area (Å²) in [4.78, 5) is 26.3. The molecule has 0 aromatic heterocycles. The van der Waals surface area contributed by atoms with Crippen molar-refractivity contribution >= 4 is 33.2 Å². The third-order valence-electron chi connectivity index (χ3n) is 5.68. The maximum absolute atomic E-state index is 13.1. The summed E-state index contributed by atoms with van der Waals surface area (Å²) >= 11 is 0. The smallest absolute Gasteiger partial charge is 0.265 e. The van der Waals surface area contributed by atoms with E-state index in [0.29, 0.717) is 30.4 Å². The number of benzene rings is 2. The van der Waals surface area contributed by atoms with Gasteiger partial charge in [0, 0.05) is 18.8 Å². The number of carbonyl (C=O) groups is 2. The summed E-state index contributed by atoms with van der Waals surface area (Å²) in [6, 6.07) is 9.58. The van der Waals surface area contributed by atoms with E-state index in [1.165, 1.54) is 51.7 Å². The van der Waals surface area contributed by atoms with Crippen molar-refractivity contribution in [1.82, 2.24) is 4.31 Å². The predicted molar refractivity (Wildman–Crippen MR) is 116 cm³/mol. The van der Waals surface area contributed by atoms with E-state index in [9.17, 15) is 22.4 Å². The van der Waals surface area contributed by atoms with Crippen LogP contribution in [-0.4, -0.2) is 50.8 Å². The van der Waals surface area contributed by atoms with Gasteiger partial charge in [0.15, 0.2) is 6.61 Å². The van der Waals surface area contributed by atoms with E-state index in [-0.39, 0.29) is 23.7 Å². The van der Waals surface area contributed by atoms with Crippen molar-refractivity contribution in [2.45, 2.75) is 24.7 Å². The van der Waals surface area contributed by atoms with Gasteiger partial charge in [0.25, 0.3) is 5.91 Å². The van der Waals surface area contributed by atoms with Gasteiger partial charge >= 0.3 is 0 Å². The van der Waals surface area contributed by atoms with E-state index in [0.717, 1.165) is 12.8 Å². The van der Waals surface area contributed by atoms with Gasteiger partial charge in [-0.15, -0.1) is 0 Å².